The van der Waals surface area contributed by atoms with Gasteiger partial charge in [0.05, 0.1) is 12.8 Å². The Morgan fingerprint density at radius 2 is 2.23 bits per heavy atom. The summed E-state index contributed by atoms with van der Waals surface area (Å²) >= 11 is 1.38. The number of ether oxygens (including phenoxy) is 2. The quantitative estimate of drug-likeness (QED) is 0.885. The van der Waals surface area contributed by atoms with Gasteiger partial charge >= 0.3 is 0 Å². The third-order valence-electron chi connectivity index (χ3n) is 2.77. The number of rotatable bonds is 6. The number of carbonyl (C=O) groups excluding carboxylic acids is 1. The van der Waals surface area contributed by atoms with Gasteiger partial charge < -0.3 is 9.47 Å². The fraction of sp³-hybridized carbons (Fsp3) is 0.250. The van der Waals surface area contributed by atoms with Crippen molar-refractivity contribution in [2.24, 2.45) is 0 Å². The minimum Gasteiger partial charge on any atom is -0.493 e. The first-order valence-electron chi connectivity index (χ1n) is 6.78. The molecule has 6 heteroatoms. The average molecular weight is 318 g/mol. The number of amides is 1. The number of methoxy groups -OCH3 is 1. The lowest BCUT2D eigenvalue weighted by Gasteiger charge is -2.11. The van der Waals surface area contributed by atoms with E-state index in [1.165, 1.54) is 11.3 Å². The maximum absolute atomic E-state index is 11.8. The number of carbonyl (C=O) groups is 1. The Morgan fingerprint density at radius 1 is 1.41 bits per heavy atom. The van der Waals surface area contributed by atoms with Crippen LogP contribution >= 0.6 is 11.3 Å². The van der Waals surface area contributed by atoms with Gasteiger partial charge in [0.25, 0.3) is 5.91 Å². The highest BCUT2D eigenvalue weighted by molar-refractivity contribution is 7.13. The van der Waals surface area contributed by atoms with Crippen LogP contribution in [0.2, 0.25) is 0 Å². The molecule has 2 aromatic rings. The molecular formula is C16H18N2O3S. The van der Waals surface area contributed by atoms with E-state index in [0.29, 0.717) is 16.6 Å². The highest BCUT2D eigenvalue weighted by atomic mass is 32.1. The number of benzene rings is 1. The van der Waals surface area contributed by atoms with Gasteiger partial charge in [-0.2, -0.15) is 0 Å². The predicted octanol–water partition coefficient (Wildman–Crippen LogP) is 3.51. The van der Waals surface area contributed by atoms with Crippen LogP contribution in [0, 0.1) is 6.92 Å². The second-order valence-electron chi connectivity index (χ2n) is 4.54. The Balaban J connectivity index is 1.97. The van der Waals surface area contributed by atoms with Crippen LogP contribution in [0.5, 0.6) is 11.5 Å². The molecule has 0 aliphatic carbocycles. The number of thiazole rings is 1. The highest BCUT2D eigenvalue weighted by Gasteiger charge is 2.09. The molecule has 5 nitrogen and oxygen atoms in total. The predicted molar refractivity (Wildman–Crippen MR) is 88.7 cm³/mol. The van der Waals surface area contributed by atoms with Crippen LogP contribution in [-0.4, -0.2) is 24.6 Å². The number of nitrogens with one attached hydrogen (secondary N) is 1. The lowest BCUT2D eigenvalue weighted by atomic mass is 10.2. The summed E-state index contributed by atoms with van der Waals surface area (Å²) in [6.45, 7) is 3.72. The summed E-state index contributed by atoms with van der Waals surface area (Å²) in [6, 6.07) is 5.55. The molecule has 0 spiro atoms. The van der Waals surface area contributed by atoms with Gasteiger partial charge in [-0.1, -0.05) is 18.2 Å². The fourth-order valence-electron chi connectivity index (χ4n) is 1.81. The van der Waals surface area contributed by atoms with Crippen LogP contribution in [0.3, 0.4) is 0 Å². The molecule has 2 rings (SSSR count). The van der Waals surface area contributed by atoms with Gasteiger partial charge in [-0.3, -0.25) is 10.1 Å². The van der Waals surface area contributed by atoms with E-state index >= 15 is 0 Å². The van der Waals surface area contributed by atoms with E-state index in [9.17, 15) is 4.79 Å². The van der Waals surface area contributed by atoms with Gasteiger partial charge in [0.2, 0.25) is 0 Å². The van der Waals surface area contributed by atoms with E-state index in [0.717, 1.165) is 11.3 Å². The highest BCUT2D eigenvalue weighted by Crippen LogP contribution is 2.28. The average Bonchev–Trinajstić information content (AvgIpc) is 2.91. The molecule has 1 heterocycles. The van der Waals surface area contributed by atoms with Crippen molar-refractivity contribution in [3.8, 4) is 11.5 Å². The van der Waals surface area contributed by atoms with Crippen molar-refractivity contribution in [3.05, 3.63) is 40.9 Å². The molecule has 22 heavy (non-hydrogen) atoms. The Labute approximate surface area is 133 Å². The molecule has 1 aromatic heterocycles. The number of allylic oxidation sites excluding steroid dienone is 1. The molecule has 0 aliphatic rings. The summed E-state index contributed by atoms with van der Waals surface area (Å²) in [4.78, 5) is 16.0. The molecule has 1 aromatic carbocycles. The number of anilines is 1. The SMILES string of the molecule is CC=Cc1ccc(OCC(=O)Nc2nc(C)cs2)c(OC)c1. The third kappa shape index (κ3) is 4.33. The zero-order chi connectivity index (χ0) is 15.9. The van der Waals surface area contributed by atoms with E-state index in [1.54, 1.807) is 13.2 Å². The van der Waals surface area contributed by atoms with Crippen LogP contribution in [0.15, 0.2) is 29.7 Å². The van der Waals surface area contributed by atoms with Crippen molar-refractivity contribution in [1.82, 2.24) is 4.98 Å². The molecule has 1 amide bonds. The van der Waals surface area contributed by atoms with Crippen molar-refractivity contribution >= 4 is 28.5 Å². The second-order valence-corrected chi connectivity index (χ2v) is 5.40. The first kappa shape index (κ1) is 16.0. The topological polar surface area (TPSA) is 60.5 Å². The van der Waals surface area contributed by atoms with Crippen LogP contribution in [-0.2, 0) is 4.79 Å². The monoisotopic (exact) mass is 318 g/mol. The van der Waals surface area contributed by atoms with Gasteiger partial charge in [-0.15, -0.1) is 11.3 Å². The largest absolute Gasteiger partial charge is 0.493 e. The molecule has 0 atom stereocenters. The Morgan fingerprint density at radius 3 is 2.86 bits per heavy atom. The first-order valence-corrected chi connectivity index (χ1v) is 7.66. The molecule has 0 bridgehead atoms. The summed E-state index contributed by atoms with van der Waals surface area (Å²) in [7, 11) is 1.57. The maximum atomic E-state index is 11.8. The molecule has 0 radical (unpaired) electrons. The lowest BCUT2D eigenvalue weighted by molar-refractivity contribution is -0.118. The van der Waals surface area contributed by atoms with E-state index in [1.807, 2.05) is 43.5 Å². The van der Waals surface area contributed by atoms with Crippen LogP contribution < -0.4 is 14.8 Å². The minimum absolute atomic E-state index is 0.0993. The first-order chi connectivity index (χ1) is 10.6. The molecule has 0 saturated heterocycles. The van der Waals surface area contributed by atoms with Gasteiger partial charge in [0, 0.05) is 5.38 Å². The standard InChI is InChI=1S/C16H18N2O3S/c1-4-5-12-6-7-13(14(8-12)20-3)21-9-15(19)18-16-17-11(2)10-22-16/h4-8,10H,9H2,1-3H3,(H,17,18,19). The second kappa shape index (κ2) is 7.61. The van der Waals surface area contributed by atoms with Crippen molar-refractivity contribution in [2.45, 2.75) is 13.8 Å². The zero-order valence-corrected chi connectivity index (χ0v) is 13.6. The molecule has 0 saturated carbocycles. The third-order valence-corrected chi connectivity index (χ3v) is 3.65. The van der Waals surface area contributed by atoms with Crippen LogP contribution in [0.25, 0.3) is 6.08 Å². The van der Waals surface area contributed by atoms with Gasteiger partial charge in [0.15, 0.2) is 23.2 Å². The van der Waals surface area contributed by atoms with E-state index in [2.05, 4.69) is 10.3 Å². The Bertz CT molecular complexity index is 680. The van der Waals surface area contributed by atoms with E-state index in [4.69, 9.17) is 9.47 Å². The fourth-order valence-corrected chi connectivity index (χ4v) is 2.51. The van der Waals surface area contributed by atoms with Gasteiger partial charge in [-0.05, 0) is 31.5 Å². The maximum Gasteiger partial charge on any atom is 0.264 e. The van der Waals surface area contributed by atoms with E-state index in [-0.39, 0.29) is 12.5 Å². The van der Waals surface area contributed by atoms with Crippen molar-refractivity contribution in [3.63, 3.8) is 0 Å². The number of aryl methyl sites for hydroxylation is 1. The van der Waals surface area contributed by atoms with Crippen LogP contribution in [0.1, 0.15) is 18.2 Å². The number of nitrogens with zero attached hydrogens (tertiary/aromatic N) is 1. The lowest BCUT2D eigenvalue weighted by Crippen LogP contribution is -2.20. The smallest absolute Gasteiger partial charge is 0.264 e. The van der Waals surface area contributed by atoms with Gasteiger partial charge in [0.1, 0.15) is 0 Å². The van der Waals surface area contributed by atoms with Gasteiger partial charge in [-0.25, -0.2) is 4.98 Å². The molecule has 0 unspecified atom stereocenters. The molecule has 116 valence electrons. The minimum atomic E-state index is -0.256. The summed E-state index contributed by atoms with van der Waals surface area (Å²) < 4.78 is 10.8. The molecule has 1 N–H and O–H groups in total. The van der Waals surface area contributed by atoms with Crippen molar-refractivity contribution in [1.29, 1.82) is 0 Å². The van der Waals surface area contributed by atoms with E-state index < -0.39 is 0 Å². The normalized spacial score (nSPS) is 10.7. The number of hydrogen-bond acceptors (Lipinski definition) is 5. The summed E-state index contributed by atoms with van der Waals surface area (Å²) in [5.74, 6) is 0.864. The summed E-state index contributed by atoms with van der Waals surface area (Å²) in [6.07, 6.45) is 3.91. The molecular weight excluding hydrogens is 300 g/mol. The Hall–Kier alpha value is -2.34. The van der Waals surface area contributed by atoms with Crippen molar-refractivity contribution in [2.75, 3.05) is 19.0 Å². The zero-order valence-electron chi connectivity index (χ0n) is 12.8. The Kier molecular flexibility index (Phi) is 5.55. The number of aromatic nitrogens is 1. The van der Waals surface area contributed by atoms with Crippen molar-refractivity contribution < 1.29 is 14.3 Å². The molecule has 0 aliphatic heterocycles. The summed E-state index contributed by atoms with van der Waals surface area (Å²) in [5, 5.41) is 5.14. The molecule has 0 fully saturated rings. The summed E-state index contributed by atoms with van der Waals surface area (Å²) in [5.41, 5.74) is 1.89. The number of hydrogen-bond donors (Lipinski definition) is 1. The van der Waals surface area contributed by atoms with Crippen LogP contribution in [0.4, 0.5) is 5.13 Å².